The Balaban J connectivity index is 1.87. The monoisotopic (exact) mass is 398 g/mol. The van der Waals surface area contributed by atoms with E-state index in [4.69, 9.17) is 18.9 Å². The van der Waals surface area contributed by atoms with Crippen molar-refractivity contribution >= 4 is 16.8 Å². The Morgan fingerprint density at radius 2 is 1.72 bits per heavy atom. The summed E-state index contributed by atoms with van der Waals surface area (Å²) >= 11 is 0. The molecule has 0 saturated carbocycles. The highest BCUT2D eigenvalue weighted by Crippen LogP contribution is 2.41. The van der Waals surface area contributed by atoms with E-state index in [1.54, 1.807) is 33.5 Å². The quantitative estimate of drug-likeness (QED) is 0.601. The van der Waals surface area contributed by atoms with Gasteiger partial charge in [0.05, 0.1) is 33.0 Å². The smallest absolute Gasteiger partial charge is 0.268 e. The Hall–Kier alpha value is -3.35. The van der Waals surface area contributed by atoms with Gasteiger partial charge in [0, 0.05) is 23.6 Å². The van der Waals surface area contributed by atoms with Crippen molar-refractivity contribution < 1.29 is 23.7 Å². The minimum Gasteiger partial charge on any atom is -0.496 e. The van der Waals surface area contributed by atoms with Crippen molar-refractivity contribution in [1.29, 1.82) is 0 Å². The number of nitrogens with one attached hydrogen (secondary N) is 2. The minimum absolute atomic E-state index is 0.0514. The number of rotatable bonds is 8. The second-order valence-corrected chi connectivity index (χ2v) is 6.74. The van der Waals surface area contributed by atoms with Crippen LogP contribution < -0.4 is 24.3 Å². The number of aromatic nitrogens is 1. The van der Waals surface area contributed by atoms with Crippen molar-refractivity contribution in [3.05, 3.63) is 47.7 Å². The van der Waals surface area contributed by atoms with E-state index >= 15 is 0 Å². The molecular weight excluding hydrogens is 372 g/mol. The van der Waals surface area contributed by atoms with Gasteiger partial charge in [0.2, 0.25) is 0 Å². The normalized spacial score (nSPS) is 10.8. The summed E-state index contributed by atoms with van der Waals surface area (Å²) in [6.45, 7) is 4.28. The summed E-state index contributed by atoms with van der Waals surface area (Å²) in [5.74, 6) is 2.13. The molecule has 1 amide bonds. The van der Waals surface area contributed by atoms with Crippen molar-refractivity contribution in [3.63, 3.8) is 0 Å². The predicted molar refractivity (Wildman–Crippen MR) is 111 cm³/mol. The van der Waals surface area contributed by atoms with Crippen LogP contribution in [0.1, 0.15) is 29.9 Å². The zero-order chi connectivity index (χ0) is 21.0. The third kappa shape index (κ3) is 4.23. The number of aromatic amines is 1. The van der Waals surface area contributed by atoms with Crippen LogP contribution in [0.2, 0.25) is 0 Å². The summed E-state index contributed by atoms with van der Waals surface area (Å²) < 4.78 is 22.1. The number of hydrogen-bond donors (Lipinski definition) is 2. The summed E-state index contributed by atoms with van der Waals surface area (Å²) in [5.41, 5.74) is 1.94. The van der Waals surface area contributed by atoms with Gasteiger partial charge in [0.15, 0.2) is 11.5 Å². The summed E-state index contributed by atoms with van der Waals surface area (Å²) in [5, 5.41) is 3.67. The first-order chi connectivity index (χ1) is 14.0. The lowest BCUT2D eigenvalue weighted by Gasteiger charge is -2.14. The highest BCUT2D eigenvalue weighted by molar-refractivity contribution is 6.02. The van der Waals surface area contributed by atoms with Crippen molar-refractivity contribution in [1.82, 2.24) is 10.3 Å². The van der Waals surface area contributed by atoms with E-state index in [0.717, 1.165) is 16.7 Å². The van der Waals surface area contributed by atoms with Gasteiger partial charge in [-0.15, -0.1) is 0 Å². The lowest BCUT2D eigenvalue weighted by molar-refractivity contribution is 0.0946. The largest absolute Gasteiger partial charge is 0.496 e. The van der Waals surface area contributed by atoms with Crippen LogP contribution in [0.4, 0.5) is 0 Å². The Labute approximate surface area is 169 Å². The Kier molecular flexibility index (Phi) is 6.16. The Morgan fingerprint density at radius 1 is 1.00 bits per heavy atom. The molecule has 29 heavy (non-hydrogen) atoms. The fourth-order valence-corrected chi connectivity index (χ4v) is 3.15. The lowest BCUT2D eigenvalue weighted by Crippen LogP contribution is -2.23. The van der Waals surface area contributed by atoms with Gasteiger partial charge in [-0.25, -0.2) is 0 Å². The molecule has 0 radical (unpaired) electrons. The molecule has 0 aliphatic carbocycles. The second-order valence-electron chi connectivity index (χ2n) is 6.74. The number of methoxy groups -OCH3 is 3. The minimum atomic E-state index is -0.247. The van der Waals surface area contributed by atoms with E-state index < -0.39 is 0 Å². The maximum Gasteiger partial charge on any atom is 0.268 e. The van der Waals surface area contributed by atoms with Crippen molar-refractivity contribution in [3.8, 4) is 23.0 Å². The van der Waals surface area contributed by atoms with Crippen molar-refractivity contribution in [2.45, 2.75) is 26.5 Å². The lowest BCUT2D eigenvalue weighted by atomic mass is 10.2. The van der Waals surface area contributed by atoms with Gasteiger partial charge < -0.3 is 29.2 Å². The van der Waals surface area contributed by atoms with Crippen molar-refractivity contribution in [2.24, 2.45) is 0 Å². The number of carbonyl (C=O) groups is 1. The van der Waals surface area contributed by atoms with Gasteiger partial charge in [0.25, 0.3) is 5.91 Å². The highest BCUT2D eigenvalue weighted by atomic mass is 16.5. The summed E-state index contributed by atoms with van der Waals surface area (Å²) in [7, 11) is 4.67. The van der Waals surface area contributed by atoms with Gasteiger partial charge in [-0.2, -0.15) is 0 Å². The van der Waals surface area contributed by atoms with E-state index in [1.807, 2.05) is 38.1 Å². The molecule has 0 fully saturated rings. The fraction of sp³-hybridized carbons (Fsp3) is 0.318. The Morgan fingerprint density at radius 3 is 2.38 bits per heavy atom. The standard InChI is InChI=1S/C22H26N2O5/c1-13(2)29-17-9-7-6-8-14(17)12-23-22(25)16-10-15-18(26-3)11-19(27-4)21(28-5)20(15)24-16/h6-11,13,24H,12H2,1-5H3,(H,23,25). The molecule has 3 rings (SSSR count). The molecule has 154 valence electrons. The molecule has 0 saturated heterocycles. The van der Waals surface area contributed by atoms with E-state index in [-0.39, 0.29) is 12.0 Å². The van der Waals surface area contributed by atoms with Crippen LogP contribution in [0.5, 0.6) is 23.0 Å². The maximum atomic E-state index is 12.8. The molecule has 1 aromatic heterocycles. The zero-order valence-corrected chi connectivity index (χ0v) is 17.3. The summed E-state index contributed by atoms with van der Waals surface area (Å²) in [4.78, 5) is 15.9. The molecule has 7 heteroatoms. The topological polar surface area (TPSA) is 81.8 Å². The third-order valence-corrected chi connectivity index (χ3v) is 4.46. The van der Waals surface area contributed by atoms with Gasteiger partial charge in [-0.3, -0.25) is 4.79 Å². The van der Waals surface area contributed by atoms with Gasteiger partial charge in [-0.05, 0) is 26.0 Å². The maximum absolute atomic E-state index is 12.8. The molecule has 2 aromatic carbocycles. The number of amides is 1. The molecule has 0 unspecified atom stereocenters. The molecule has 0 aliphatic rings. The molecular formula is C22H26N2O5. The molecule has 2 N–H and O–H groups in total. The molecule has 0 aliphatic heterocycles. The first-order valence-corrected chi connectivity index (χ1v) is 9.32. The average Bonchev–Trinajstić information content (AvgIpc) is 3.16. The molecule has 3 aromatic rings. The SMILES string of the molecule is COc1cc(OC)c2cc(C(=O)NCc3ccccc3OC(C)C)[nH]c2c1OC. The summed E-state index contributed by atoms with van der Waals surface area (Å²) in [6.07, 6.45) is 0.0514. The second kappa shape index (κ2) is 8.77. The van der Waals surface area contributed by atoms with E-state index in [2.05, 4.69) is 10.3 Å². The van der Waals surface area contributed by atoms with Crippen LogP contribution in [-0.2, 0) is 6.54 Å². The van der Waals surface area contributed by atoms with Gasteiger partial charge >= 0.3 is 0 Å². The van der Waals surface area contributed by atoms with E-state index in [9.17, 15) is 4.79 Å². The van der Waals surface area contributed by atoms with E-state index in [0.29, 0.717) is 35.0 Å². The van der Waals surface area contributed by atoms with Crippen molar-refractivity contribution in [2.75, 3.05) is 21.3 Å². The number of benzene rings is 2. The van der Waals surface area contributed by atoms with Crippen LogP contribution in [0, 0.1) is 0 Å². The number of ether oxygens (including phenoxy) is 4. The van der Waals surface area contributed by atoms with Gasteiger partial charge in [-0.1, -0.05) is 18.2 Å². The van der Waals surface area contributed by atoms with E-state index in [1.165, 1.54) is 0 Å². The number of H-pyrrole nitrogens is 1. The van der Waals surface area contributed by atoms with Crippen LogP contribution >= 0.6 is 0 Å². The predicted octanol–water partition coefficient (Wildman–Crippen LogP) is 3.91. The third-order valence-electron chi connectivity index (χ3n) is 4.46. The van der Waals surface area contributed by atoms with Crippen LogP contribution in [0.15, 0.2) is 36.4 Å². The summed E-state index contributed by atoms with van der Waals surface area (Å²) in [6, 6.07) is 11.1. The first kappa shape index (κ1) is 20.4. The van der Waals surface area contributed by atoms with Crippen LogP contribution in [0.3, 0.4) is 0 Å². The van der Waals surface area contributed by atoms with Gasteiger partial charge in [0.1, 0.15) is 17.2 Å². The number of carbonyl (C=O) groups excluding carboxylic acids is 1. The molecule has 7 nitrogen and oxygen atoms in total. The van der Waals surface area contributed by atoms with Crippen LogP contribution in [0.25, 0.3) is 10.9 Å². The molecule has 0 atom stereocenters. The zero-order valence-electron chi connectivity index (χ0n) is 17.3. The molecule has 1 heterocycles. The molecule has 0 bridgehead atoms. The number of fused-ring (bicyclic) bond motifs is 1. The van der Waals surface area contributed by atoms with Crippen LogP contribution in [-0.4, -0.2) is 38.3 Å². The average molecular weight is 398 g/mol. The highest BCUT2D eigenvalue weighted by Gasteiger charge is 2.19. The Bertz CT molecular complexity index is 1010. The first-order valence-electron chi connectivity index (χ1n) is 9.32. The number of para-hydroxylation sites is 1. The molecule has 0 spiro atoms. The fourth-order valence-electron chi connectivity index (χ4n) is 3.15. The number of hydrogen-bond acceptors (Lipinski definition) is 5.